The Morgan fingerprint density at radius 2 is 1.71 bits per heavy atom. The second-order valence-corrected chi connectivity index (χ2v) is 6.32. The summed E-state index contributed by atoms with van der Waals surface area (Å²) >= 11 is 3.36. The second-order valence-electron chi connectivity index (χ2n) is 5.47. The maximum atomic E-state index is 12.4. The van der Waals surface area contributed by atoms with E-state index >= 15 is 0 Å². The molecule has 0 fully saturated rings. The standard InChI is InChI=1S/C16H18BrNO3/c1-9-7-11(12(16(20)21)8-10(9)2)15(19)18-14-6-4-3-5-13(14)17/h3-6,11-12H,7-8H2,1-2H3,(H,18,19)(H,20,21)/p-1/t11-,12-/m0/s1. The van der Waals surface area contributed by atoms with Gasteiger partial charge in [-0.05, 0) is 54.8 Å². The number of aliphatic carboxylic acids is 1. The van der Waals surface area contributed by atoms with Gasteiger partial charge in [-0.2, -0.15) is 0 Å². The number of benzene rings is 1. The van der Waals surface area contributed by atoms with Crippen LogP contribution in [0.4, 0.5) is 5.69 Å². The third-order valence-corrected chi connectivity index (χ3v) is 4.73. The maximum absolute atomic E-state index is 12.4. The number of anilines is 1. The molecule has 1 aromatic carbocycles. The van der Waals surface area contributed by atoms with Gasteiger partial charge in [-0.3, -0.25) is 4.79 Å². The van der Waals surface area contributed by atoms with Gasteiger partial charge in [0.1, 0.15) is 0 Å². The third-order valence-electron chi connectivity index (χ3n) is 4.04. The van der Waals surface area contributed by atoms with Gasteiger partial charge >= 0.3 is 0 Å². The van der Waals surface area contributed by atoms with Crippen LogP contribution in [-0.4, -0.2) is 11.9 Å². The SMILES string of the molecule is CC1=C(C)C[C@H](C(=O)Nc2ccccc2Br)[C@@H](C(=O)[O-])C1. The highest BCUT2D eigenvalue weighted by Crippen LogP contribution is 2.35. The van der Waals surface area contributed by atoms with Crippen molar-refractivity contribution in [3.63, 3.8) is 0 Å². The molecule has 1 N–H and O–H groups in total. The number of carboxylic acid groups (broad SMARTS) is 1. The lowest BCUT2D eigenvalue weighted by Crippen LogP contribution is -2.42. The Bertz CT molecular complexity index is 609. The summed E-state index contributed by atoms with van der Waals surface area (Å²) in [5.41, 5.74) is 2.76. The molecule has 1 aliphatic rings. The summed E-state index contributed by atoms with van der Waals surface area (Å²) in [4.78, 5) is 23.8. The van der Waals surface area contributed by atoms with E-state index in [0.717, 1.165) is 15.6 Å². The minimum atomic E-state index is -1.16. The van der Waals surface area contributed by atoms with Crippen molar-refractivity contribution in [3.8, 4) is 0 Å². The minimum Gasteiger partial charge on any atom is -0.550 e. The normalized spacial score (nSPS) is 22.0. The summed E-state index contributed by atoms with van der Waals surface area (Å²) in [6, 6.07) is 7.25. The van der Waals surface area contributed by atoms with Crippen molar-refractivity contribution >= 4 is 33.5 Å². The van der Waals surface area contributed by atoms with E-state index in [9.17, 15) is 14.7 Å². The molecule has 0 saturated heterocycles. The van der Waals surface area contributed by atoms with Crippen molar-refractivity contribution in [1.82, 2.24) is 0 Å². The fourth-order valence-corrected chi connectivity index (χ4v) is 2.99. The lowest BCUT2D eigenvalue weighted by Gasteiger charge is -2.32. The van der Waals surface area contributed by atoms with Crippen molar-refractivity contribution < 1.29 is 14.7 Å². The molecule has 0 unspecified atom stereocenters. The molecule has 1 aliphatic carbocycles. The molecule has 1 aromatic rings. The van der Waals surface area contributed by atoms with Crippen LogP contribution in [0.25, 0.3) is 0 Å². The number of hydrogen-bond donors (Lipinski definition) is 1. The molecule has 0 bridgehead atoms. The van der Waals surface area contributed by atoms with E-state index in [-0.39, 0.29) is 5.91 Å². The van der Waals surface area contributed by atoms with Crippen molar-refractivity contribution in [3.05, 3.63) is 39.9 Å². The van der Waals surface area contributed by atoms with Crippen LogP contribution in [0.3, 0.4) is 0 Å². The first-order valence-electron chi connectivity index (χ1n) is 6.81. The van der Waals surface area contributed by atoms with Gasteiger partial charge in [0.05, 0.1) is 11.6 Å². The van der Waals surface area contributed by atoms with E-state index in [4.69, 9.17) is 0 Å². The number of para-hydroxylation sites is 1. The van der Waals surface area contributed by atoms with Crippen molar-refractivity contribution in [2.75, 3.05) is 5.32 Å². The lowest BCUT2D eigenvalue weighted by atomic mass is 9.76. The van der Waals surface area contributed by atoms with E-state index < -0.39 is 17.8 Å². The first-order valence-corrected chi connectivity index (χ1v) is 7.61. The van der Waals surface area contributed by atoms with Crippen LogP contribution in [0.2, 0.25) is 0 Å². The van der Waals surface area contributed by atoms with E-state index in [1.165, 1.54) is 0 Å². The zero-order valence-corrected chi connectivity index (χ0v) is 13.6. The summed E-state index contributed by atoms with van der Waals surface area (Å²) < 4.78 is 0.766. The Hall–Kier alpha value is -1.62. The maximum Gasteiger partial charge on any atom is 0.228 e. The van der Waals surface area contributed by atoms with Crippen LogP contribution in [-0.2, 0) is 9.59 Å². The highest BCUT2D eigenvalue weighted by atomic mass is 79.9. The number of carboxylic acids is 1. The molecule has 2 atom stereocenters. The number of carbonyl (C=O) groups is 2. The highest BCUT2D eigenvalue weighted by Gasteiger charge is 2.33. The van der Waals surface area contributed by atoms with Gasteiger partial charge in [-0.15, -0.1) is 0 Å². The van der Waals surface area contributed by atoms with Gasteiger partial charge in [0.25, 0.3) is 0 Å². The Balaban J connectivity index is 2.21. The lowest BCUT2D eigenvalue weighted by molar-refractivity contribution is -0.313. The molecular formula is C16H17BrNO3-. The smallest absolute Gasteiger partial charge is 0.228 e. The van der Waals surface area contributed by atoms with Gasteiger partial charge in [0.15, 0.2) is 0 Å². The molecule has 0 heterocycles. The predicted molar refractivity (Wildman–Crippen MR) is 82.4 cm³/mol. The topological polar surface area (TPSA) is 69.2 Å². The van der Waals surface area contributed by atoms with Crippen LogP contribution < -0.4 is 10.4 Å². The van der Waals surface area contributed by atoms with Crippen LogP contribution in [0.1, 0.15) is 26.7 Å². The highest BCUT2D eigenvalue weighted by molar-refractivity contribution is 9.10. The Morgan fingerprint density at radius 3 is 2.29 bits per heavy atom. The summed E-state index contributed by atoms with van der Waals surface area (Å²) in [5.74, 6) is -2.79. The van der Waals surface area contributed by atoms with Crippen LogP contribution in [0.5, 0.6) is 0 Å². The molecule has 112 valence electrons. The van der Waals surface area contributed by atoms with E-state index in [2.05, 4.69) is 21.2 Å². The number of amides is 1. The van der Waals surface area contributed by atoms with E-state index in [1.807, 2.05) is 32.0 Å². The largest absolute Gasteiger partial charge is 0.550 e. The quantitative estimate of drug-likeness (QED) is 0.851. The van der Waals surface area contributed by atoms with E-state index in [0.29, 0.717) is 18.5 Å². The molecule has 0 radical (unpaired) electrons. The van der Waals surface area contributed by atoms with Gasteiger partial charge < -0.3 is 15.2 Å². The minimum absolute atomic E-state index is 0.275. The zero-order chi connectivity index (χ0) is 15.6. The first-order chi connectivity index (χ1) is 9.90. The summed E-state index contributed by atoms with van der Waals surface area (Å²) in [5, 5.41) is 14.1. The fraction of sp³-hybridized carbons (Fsp3) is 0.375. The zero-order valence-electron chi connectivity index (χ0n) is 12.0. The molecule has 1 amide bonds. The molecule has 0 aliphatic heterocycles. The average molecular weight is 351 g/mol. The van der Waals surface area contributed by atoms with Crippen LogP contribution >= 0.6 is 15.9 Å². The van der Waals surface area contributed by atoms with Crippen molar-refractivity contribution in [2.24, 2.45) is 11.8 Å². The average Bonchev–Trinajstić information content (AvgIpc) is 2.43. The Morgan fingerprint density at radius 1 is 1.14 bits per heavy atom. The summed E-state index contributed by atoms with van der Waals surface area (Å²) in [7, 11) is 0. The number of carbonyl (C=O) groups excluding carboxylic acids is 2. The second kappa shape index (κ2) is 6.43. The molecule has 0 spiro atoms. The number of rotatable bonds is 3. The summed E-state index contributed by atoms with van der Waals surface area (Å²) in [6.07, 6.45) is 0.836. The predicted octanol–water partition coefficient (Wildman–Crippen LogP) is 2.50. The van der Waals surface area contributed by atoms with Gasteiger partial charge in [0.2, 0.25) is 5.91 Å². The monoisotopic (exact) mass is 350 g/mol. The fourth-order valence-electron chi connectivity index (χ4n) is 2.60. The molecule has 4 nitrogen and oxygen atoms in total. The van der Waals surface area contributed by atoms with Crippen molar-refractivity contribution in [1.29, 1.82) is 0 Å². The molecule has 0 saturated carbocycles. The number of allylic oxidation sites excluding steroid dienone is 2. The van der Waals surface area contributed by atoms with Gasteiger partial charge in [-0.25, -0.2) is 0 Å². The number of hydrogen-bond acceptors (Lipinski definition) is 3. The Labute approximate surface area is 132 Å². The third kappa shape index (κ3) is 3.53. The summed E-state index contributed by atoms with van der Waals surface area (Å²) in [6.45, 7) is 3.85. The molecule has 5 heteroatoms. The first kappa shape index (κ1) is 15.8. The number of halogens is 1. The molecule has 2 rings (SSSR count). The van der Waals surface area contributed by atoms with E-state index in [1.54, 1.807) is 6.07 Å². The van der Waals surface area contributed by atoms with Crippen LogP contribution in [0, 0.1) is 11.8 Å². The number of nitrogens with one attached hydrogen (secondary N) is 1. The molecule has 0 aromatic heterocycles. The molecular weight excluding hydrogens is 334 g/mol. The van der Waals surface area contributed by atoms with Gasteiger partial charge in [-0.1, -0.05) is 23.3 Å². The Kier molecular flexibility index (Phi) is 4.83. The van der Waals surface area contributed by atoms with Gasteiger partial charge in [0, 0.05) is 16.4 Å². The van der Waals surface area contributed by atoms with Crippen LogP contribution in [0.15, 0.2) is 39.9 Å². The molecule has 21 heavy (non-hydrogen) atoms. The van der Waals surface area contributed by atoms with Crippen molar-refractivity contribution in [2.45, 2.75) is 26.7 Å².